The SMILES string of the molecule is CCCCCCCCCCCCCCCCCCCCCCC/C=C/C(O)C(CO)NC(=O)CCCCCCCCCCCOC(=O)CCCCCCCCCCCCCCCCCC. The summed E-state index contributed by atoms with van der Waals surface area (Å²) in [6.07, 6.45) is 65.2. The fourth-order valence-corrected chi connectivity index (χ4v) is 9.28. The first kappa shape index (κ1) is 63.6. The fraction of sp³-hybridized carbons (Fsp3) is 0.932. The Hall–Kier alpha value is -1.40. The molecule has 2 unspecified atom stereocenters. The number of carbonyl (C=O) groups is 2. The summed E-state index contributed by atoms with van der Waals surface area (Å²) in [6, 6.07) is -0.648. The van der Waals surface area contributed by atoms with Crippen molar-refractivity contribution in [3.8, 4) is 0 Å². The molecule has 1 amide bonds. The van der Waals surface area contributed by atoms with Gasteiger partial charge >= 0.3 is 5.97 Å². The lowest BCUT2D eigenvalue weighted by Gasteiger charge is -2.20. The van der Waals surface area contributed by atoms with Crippen LogP contribution in [-0.4, -0.2) is 47.4 Å². The highest BCUT2D eigenvalue weighted by molar-refractivity contribution is 5.76. The Morgan fingerprint density at radius 2 is 0.708 bits per heavy atom. The Bertz CT molecular complexity index is 970. The van der Waals surface area contributed by atoms with Crippen molar-refractivity contribution in [1.82, 2.24) is 5.32 Å². The molecule has 0 saturated heterocycles. The number of allylic oxidation sites excluding steroid dienone is 1. The number of esters is 1. The average Bonchev–Trinajstić information content (AvgIpc) is 3.31. The fourth-order valence-electron chi connectivity index (χ4n) is 9.28. The van der Waals surface area contributed by atoms with E-state index >= 15 is 0 Å². The van der Waals surface area contributed by atoms with Gasteiger partial charge in [0.15, 0.2) is 0 Å². The van der Waals surface area contributed by atoms with Gasteiger partial charge in [0, 0.05) is 12.8 Å². The number of unbranched alkanes of at least 4 members (excludes halogenated alkanes) is 44. The molecule has 0 spiro atoms. The second-order valence-corrected chi connectivity index (χ2v) is 20.3. The highest BCUT2D eigenvalue weighted by Crippen LogP contribution is 2.18. The van der Waals surface area contributed by atoms with Crippen molar-refractivity contribution in [2.24, 2.45) is 0 Å². The predicted molar refractivity (Wildman–Crippen MR) is 283 cm³/mol. The Morgan fingerprint density at radius 1 is 0.415 bits per heavy atom. The third kappa shape index (κ3) is 51.8. The van der Waals surface area contributed by atoms with Crippen LogP contribution in [0.5, 0.6) is 0 Å². The lowest BCUT2D eigenvalue weighted by atomic mass is 10.0. The van der Waals surface area contributed by atoms with Gasteiger partial charge in [-0.1, -0.05) is 296 Å². The smallest absolute Gasteiger partial charge is 0.305 e. The molecular weight excluding hydrogens is 803 g/mol. The lowest BCUT2D eigenvalue weighted by Crippen LogP contribution is -2.45. The Morgan fingerprint density at radius 3 is 1.05 bits per heavy atom. The zero-order valence-corrected chi connectivity index (χ0v) is 44.0. The van der Waals surface area contributed by atoms with E-state index in [4.69, 9.17) is 4.74 Å². The minimum absolute atomic E-state index is 0.0227. The third-order valence-corrected chi connectivity index (χ3v) is 13.8. The number of aliphatic hydroxyl groups excluding tert-OH is 2. The van der Waals surface area contributed by atoms with Crippen LogP contribution in [0.3, 0.4) is 0 Å². The van der Waals surface area contributed by atoms with Gasteiger partial charge in [0.1, 0.15) is 0 Å². The molecule has 6 nitrogen and oxygen atoms in total. The summed E-state index contributed by atoms with van der Waals surface area (Å²) in [5, 5.41) is 23.2. The predicted octanol–water partition coefficient (Wildman–Crippen LogP) is 18.1. The molecule has 0 saturated carbocycles. The highest BCUT2D eigenvalue weighted by atomic mass is 16.5. The number of aliphatic hydroxyl groups is 2. The standard InChI is InChI=1S/C59H115NO5/c1-3-5-7-9-11-13-15-17-19-21-22-23-24-25-26-27-28-30-32-35-39-43-47-51-57(62)56(55-61)60-58(63)52-48-44-40-36-34-38-42-46-50-54-65-59(64)53-49-45-41-37-33-31-29-20-18-16-14-12-10-8-6-4-2/h47,51,56-57,61-62H,3-46,48-50,52-55H2,1-2H3,(H,60,63)/b51-47+. The van der Waals surface area contributed by atoms with Gasteiger partial charge in [-0.25, -0.2) is 0 Å². The zero-order valence-electron chi connectivity index (χ0n) is 44.0. The van der Waals surface area contributed by atoms with Gasteiger partial charge in [-0.2, -0.15) is 0 Å². The highest BCUT2D eigenvalue weighted by Gasteiger charge is 2.18. The number of amides is 1. The van der Waals surface area contributed by atoms with Crippen LogP contribution in [0.4, 0.5) is 0 Å². The summed E-state index contributed by atoms with van der Waals surface area (Å²) in [5.41, 5.74) is 0. The molecule has 0 aliphatic rings. The minimum atomic E-state index is -0.862. The van der Waals surface area contributed by atoms with Crippen LogP contribution in [0.1, 0.15) is 328 Å². The molecule has 0 aromatic carbocycles. The number of rotatable bonds is 55. The van der Waals surface area contributed by atoms with Crippen LogP contribution >= 0.6 is 0 Å². The molecule has 0 heterocycles. The summed E-state index contributed by atoms with van der Waals surface area (Å²) in [6.45, 7) is 4.87. The van der Waals surface area contributed by atoms with Crippen LogP contribution in [0.15, 0.2) is 12.2 Å². The van der Waals surface area contributed by atoms with E-state index in [9.17, 15) is 19.8 Å². The van der Waals surface area contributed by atoms with E-state index in [-0.39, 0.29) is 18.5 Å². The first-order chi connectivity index (χ1) is 32.0. The monoisotopic (exact) mass is 918 g/mol. The van der Waals surface area contributed by atoms with Crippen LogP contribution in [0.2, 0.25) is 0 Å². The number of hydrogen-bond donors (Lipinski definition) is 3. The summed E-state index contributed by atoms with van der Waals surface area (Å²) in [4.78, 5) is 24.6. The molecule has 0 bridgehead atoms. The average molecular weight is 919 g/mol. The summed E-state index contributed by atoms with van der Waals surface area (Å²) >= 11 is 0. The van der Waals surface area contributed by atoms with Gasteiger partial charge in [0.05, 0.1) is 25.4 Å². The van der Waals surface area contributed by atoms with Crippen LogP contribution < -0.4 is 5.32 Å². The van der Waals surface area contributed by atoms with E-state index in [1.54, 1.807) is 6.08 Å². The van der Waals surface area contributed by atoms with Gasteiger partial charge in [0.2, 0.25) is 5.91 Å². The molecular formula is C59H115NO5. The normalized spacial score (nSPS) is 12.6. The molecule has 0 radical (unpaired) electrons. The van der Waals surface area contributed by atoms with Crippen LogP contribution in [-0.2, 0) is 14.3 Å². The Balaban J connectivity index is 3.49. The summed E-state index contributed by atoms with van der Waals surface area (Å²) in [7, 11) is 0. The van der Waals surface area contributed by atoms with Crippen molar-refractivity contribution in [2.45, 2.75) is 341 Å². The van der Waals surface area contributed by atoms with Crippen LogP contribution in [0.25, 0.3) is 0 Å². The molecule has 0 aromatic heterocycles. The van der Waals surface area contributed by atoms with Crippen LogP contribution in [0, 0.1) is 0 Å². The maximum atomic E-state index is 12.5. The molecule has 65 heavy (non-hydrogen) atoms. The van der Waals surface area contributed by atoms with E-state index in [1.165, 1.54) is 244 Å². The van der Waals surface area contributed by atoms with E-state index in [0.717, 1.165) is 57.8 Å². The second kappa shape index (κ2) is 55.2. The molecule has 0 fully saturated rings. The first-order valence-corrected chi connectivity index (χ1v) is 29.5. The molecule has 2 atom stereocenters. The largest absolute Gasteiger partial charge is 0.466 e. The molecule has 0 aliphatic heterocycles. The maximum Gasteiger partial charge on any atom is 0.305 e. The molecule has 386 valence electrons. The van der Waals surface area contributed by atoms with Crippen molar-refractivity contribution in [3.63, 3.8) is 0 Å². The molecule has 3 N–H and O–H groups in total. The first-order valence-electron chi connectivity index (χ1n) is 29.5. The number of nitrogens with one attached hydrogen (secondary N) is 1. The van der Waals surface area contributed by atoms with E-state index in [0.29, 0.717) is 19.4 Å². The zero-order chi connectivity index (χ0) is 47.2. The van der Waals surface area contributed by atoms with Crippen molar-refractivity contribution in [3.05, 3.63) is 12.2 Å². The van der Waals surface area contributed by atoms with Gasteiger partial charge in [0.25, 0.3) is 0 Å². The van der Waals surface area contributed by atoms with Gasteiger partial charge in [-0.15, -0.1) is 0 Å². The summed E-state index contributed by atoms with van der Waals surface area (Å²) < 4.78 is 5.47. The quantitative estimate of drug-likeness (QED) is 0.0321. The Kier molecular flexibility index (Phi) is 54.0. The molecule has 0 aromatic rings. The topological polar surface area (TPSA) is 95.9 Å². The lowest BCUT2D eigenvalue weighted by molar-refractivity contribution is -0.143. The second-order valence-electron chi connectivity index (χ2n) is 20.3. The number of ether oxygens (including phenoxy) is 1. The van der Waals surface area contributed by atoms with Crippen molar-refractivity contribution < 1.29 is 24.5 Å². The molecule has 6 heteroatoms. The van der Waals surface area contributed by atoms with E-state index in [2.05, 4.69) is 19.2 Å². The van der Waals surface area contributed by atoms with E-state index in [1.807, 2.05) is 6.08 Å². The van der Waals surface area contributed by atoms with Gasteiger partial charge in [-0.05, 0) is 32.1 Å². The Labute approximate surface area is 406 Å². The van der Waals surface area contributed by atoms with Crippen molar-refractivity contribution in [1.29, 1.82) is 0 Å². The molecule has 0 aliphatic carbocycles. The third-order valence-electron chi connectivity index (χ3n) is 13.8. The van der Waals surface area contributed by atoms with Crippen molar-refractivity contribution >= 4 is 11.9 Å². The number of hydrogen-bond acceptors (Lipinski definition) is 5. The summed E-state index contributed by atoms with van der Waals surface area (Å²) in [5.74, 6) is -0.114. The van der Waals surface area contributed by atoms with Gasteiger partial charge in [-0.3, -0.25) is 9.59 Å². The van der Waals surface area contributed by atoms with Crippen molar-refractivity contribution in [2.75, 3.05) is 13.2 Å². The maximum absolute atomic E-state index is 12.5. The number of carbonyl (C=O) groups excluding carboxylic acids is 2. The van der Waals surface area contributed by atoms with E-state index < -0.39 is 12.1 Å². The molecule has 0 rings (SSSR count). The minimum Gasteiger partial charge on any atom is -0.466 e. The van der Waals surface area contributed by atoms with Gasteiger partial charge < -0.3 is 20.3 Å².